The quantitative estimate of drug-likeness (QED) is 0.182. The van der Waals surface area contributed by atoms with Gasteiger partial charge in [0.25, 0.3) is 0 Å². The predicted molar refractivity (Wildman–Crippen MR) is 65.2 cm³/mol. The average molecular weight is 219 g/mol. The molecule has 0 aliphatic heterocycles. The summed E-state index contributed by atoms with van der Waals surface area (Å²) in [4.78, 5) is 10.1. The molecule has 0 unspecified atom stereocenters. The fourth-order valence-corrected chi connectivity index (χ4v) is 0. The summed E-state index contributed by atoms with van der Waals surface area (Å²) in [6.07, 6.45) is 0. The molecule has 9 nitrogen and oxygen atoms in total. The van der Waals surface area contributed by atoms with Gasteiger partial charge in [-0.1, -0.05) is 0 Å². The number of rotatable bonds is 0. The van der Waals surface area contributed by atoms with Gasteiger partial charge in [-0.2, -0.15) is 0 Å². The summed E-state index contributed by atoms with van der Waals surface area (Å²) in [5, 5.41) is 0. The van der Waals surface area contributed by atoms with Crippen LogP contribution in [0.15, 0.2) is 15.0 Å². The first kappa shape index (κ1) is 18.6. The Morgan fingerprint density at radius 2 is 0.600 bits per heavy atom. The van der Waals surface area contributed by atoms with Crippen molar-refractivity contribution < 1.29 is 0 Å². The van der Waals surface area contributed by atoms with E-state index in [1.807, 2.05) is 0 Å². The minimum Gasteiger partial charge on any atom is -0.370 e. The van der Waals surface area contributed by atoms with Gasteiger partial charge in [-0.15, -0.1) is 0 Å². The summed E-state index contributed by atoms with van der Waals surface area (Å²) in [6.45, 7) is 0. The maximum Gasteiger partial charge on any atom is 0.185 e. The average Bonchev–Trinajstić information content (AvgIpc) is 2.19. The monoisotopic (exact) mass is 219 g/mol. The van der Waals surface area contributed by atoms with Crippen LogP contribution in [0.25, 0.3) is 0 Å². The van der Waals surface area contributed by atoms with Crippen LogP contribution >= 0.6 is 0 Å². The zero-order chi connectivity index (χ0) is 12.9. The van der Waals surface area contributed by atoms with E-state index in [9.17, 15) is 0 Å². The smallest absolute Gasteiger partial charge is 0.185 e. The van der Waals surface area contributed by atoms with E-state index < -0.39 is 0 Å². The van der Waals surface area contributed by atoms with E-state index in [0.29, 0.717) is 0 Å². The van der Waals surface area contributed by atoms with Crippen LogP contribution in [0, 0.1) is 0 Å². The molecule has 90 valence electrons. The van der Waals surface area contributed by atoms with Crippen LogP contribution in [0.2, 0.25) is 0 Å². The van der Waals surface area contributed by atoms with E-state index >= 15 is 0 Å². The molecule has 0 aromatic rings. The summed E-state index contributed by atoms with van der Waals surface area (Å²) in [6, 6.07) is 0. The lowest BCUT2D eigenvalue weighted by Crippen LogP contribution is -2.21. The molecule has 0 aromatic carbocycles. The second kappa shape index (κ2) is 14.3. The molecule has 0 bridgehead atoms. The topological polar surface area (TPSA) is 193 Å². The highest BCUT2D eigenvalue weighted by Gasteiger charge is 1.62. The van der Waals surface area contributed by atoms with Gasteiger partial charge < -0.3 is 34.4 Å². The summed E-state index contributed by atoms with van der Waals surface area (Å²) in [7, 11) is 4.61. The second-order valence-electron chi connectivity index (χ2n) is 1.95. The molecule has 12 N–H and O–H groups in total. The summed E-state index contributed by atoms with van der Waals surface area (Å²) in [5.41, 5.74) is 28.9. The molecule has 9 heteroatoms. The van der Waals surface area contributed by atoms with Crippen molar-refractivity contribution in [1.82, 2.24) is 0 Å². The van der Waals surface area contributed by atoms with Gasteiger partial charge in [0.2, 0.25) is 0 Å². The number of nitrogens with two attached hydrogens (primary N) is 6. The predicted octanol–water partition coefficient (Wildman–Crippen LogP) is -3.33. The Bertz CT molecular complexity index is 167. The number of hydrogen-bond acceptors (Lipinski definition) is 3. The van der Waals surface area contributed by atoms with Gasteiger partial charge in [0.15, 0.2) is 17.9 Å². The lowest BCUT2D eigenvalue weighted by Gasteiger charge is -1.77. The zero-order valence-electron chi connectivity index (χ0n) is 9.31. The van der Waals surface area contributed by atoms with Crippen LogP contribution in [0.3, 0.4) is 0 Å². The third kappa shape index (κ3) is 78.3. The van der Waals surface area contributed by atoms with Gasteiger partial charge in [-0.3, -0.25) is 15.0 Å². The van der Waals surface area contributed by atoms with Crippen LogP contribution in [0.5, 0.6) is 0 Å². The van der Waals surface area contributed by atoms with Crippen molar-refractivity contribution in [3.8, 4) is 0 Å². The molecule has 15 heavy (non-hydrogen) atoms. The molecule has 0 atom stereocenters. The fourth-order valence-electron chi connectivity index (χ4n) is 0. The second-order valence-corrected chi connectivity index (χ2v) is 1.95. The normalized spacial score (nSPS) is 6.60. The summed E-state index contributed by atoms with van der Waals surface area (Å²) >= 11 is 0. The highest BCUT2D eigenvalue weighted by molar-refractivity contribution is 5.75. The molecular weight excluding hydrogens is 198 g/mol. The van der Waals surface area contributed by atoms with Crippen LogP contribution in [-0.4, -0.2) is 39.0 Å². The van der Waals surface area contributed by atoms with E-state index in [2.05, 4.69) is 15.0 Å². The van der Waals surface area contributed by atoms with Crippen molar-refractivity contribution in [2.24, 2.45) is 49.4 Å². The Hall–Kier alpha value is -2.19. The minimum atomic E-state index is 0.130. The molecule has 0 aliphatic carbocycles. The lowest BCUT2D eigenvalue weighted by atomic mass is 11.1. The van der Waals surface area contributed by atoms with Crippen molar-refractivity contribution in [1.29, 1.82) is 0 Å². The fraction of sp³-hybridized carbons (Fsp3) is 0.500. The Morgan fingerprint density at radius 1 is 0.533 bits per heavy atom. The molecule has 0 saturated heterocycles. The Morgan fingerprint density at radius 3 is 0.600 bits per heavy atom. The molecule has 0 spiro atoms. The van der Waals surface area contributed by atoms with E-state index in [1.165, 1.54) is 21.1 Å². The van der Waals surface area contributed by atoms with E-state index in [0.717, 1.165) is 0 Å². The van der Waals surface area contributed by atoms with Gasteiger partial charge in [-0.25, -0.2) is 0 Å². The van der Waals surface area contributed by atoms with Crippen LogP contribution < -0.4 is 34.4 Å². The van der Waals surface area contributed by atoms with E-state index in [-0.39, 0.29) is 17.9 Å². The van der Waals surface area contributed by atoms with Crippen molar-refractivity contribution in [3.63, 3.8) is 0 Å². The number of aliphatic imine (C=N–C) groups is 3. The number of guanidine groups is 3. The molecule has 0 saturated carbocycles. The van der Waals surface area contributed by atoms with Gasteiger partial charge in [-0.05, 0) is 0 Å². The van der Waals surface area contributed by atoms with Crippen LogP contribution in [-0.2, 0) is 0 Å². The molecule has 0 aliphatic rings. The van der Waals surface area contributed by atoms with Gasteiger partial charge >= 0.3 is 0 Å². The van der Waals surface area contributed by atoms with Crippen LogP contribution in [0.1, 0.15) is 0 Å². The Labute approximate surface area is 89.3 Å². The third-order valence-corrected chi connectivity index (χ3v) is 0.775. The molecule has 0 heterocycles. The Balaban J connectivity index is -0.000000144. The summed E-state index contributed by atoms with van der Waals surface area (Å²) in [5.74, 6) is 0.389. The maximum absolute atomic E-state index is 4.82. The van der Waals surface area contributed by atoms with Gasteiger partial charge in [0, 0.05) is 21.1 Å². The lowest BCUT2D eigenvalue weighted by molar-refractivity contribution is 1.36. The molecule has 0 radical (unpaired) electrons. The third-order valence-electron chi connectivity index (χ3n) is 0.775. The number of nitrogens with zero attached hydrogens (tertiary/aromatic N) is 3. The van der Waals surface area contributed by atoms with E-state index in [1.54, 1.807) is 0 Å². The number of hydrogen-bond donors (Lipinski definition) is 6. The SMILES string of the molecule is CN=C(N)N.CN=C(N)N.CN=C(N)N. The first-order valence-corrected chi connectivity index (χ1v) is 3.74. The van der Waals surface area contributed by atoms with Crippen LogP contribution in [0.4, 0.5) is 0 Å². The summed E-state index contributed by atoms with van der Waals surface area (Å²) < 4.78 is 0. The molecule has 0 fully saturated rings. The first-order valence-electron chi connectivity index (χ1n) is 3.74. The standard InChI is InChI=1S/3C2H7N3/c3*1-5-2(3)4/h3*1H3,(H4,3,4,5). The highest BCUT2D eigenvalue weighted by Crippen LogP contribution is 1.41. The van der Waals surface area contributed by atoms with Crippen molar-refractivity contribution in [2.45, 2.75) is 0 Å². The maximum atomic E-state index is 4.82. The minimum absolute atomic E-state index is 0.130. The largest absolute Gasteiger partial charge is 0.370 e. The zero-order valence-corrected chi connectivity index (χ0v) is 9.31. The van der Waals surface area contributed by atoms with Gasteiger partial charge in [0.05, 0.1) is 0 Å². The van der Waals surface area contributed by atoms with Gasteiger partial charge in [0.1, 0.15) is 0 Å². The van der Waals surface area contributed by atoms with Crippen molar-refractivity contribution in [3.05, 3.63) is 0 Å². The highest BCUT2D eigenvalue weighted by atomic mass is 15.0. The van der Waals surface area contributed by atoms with Crippen molar-refractivity contribution >= 4 is 17.9 Å². The molecule has 0 aromatic heterocycles. The first-order chi connectivity index (χ1) is 6.81. The molecule has 0 amide bonds. The Kier molecular flexibility index (Phi) is 17.7. The van der Waals surface area contributed by atoms with E-state index in [4.69, 9.17) is 34.4 Å². The molecular formula is C6H21N9. The molecule has 0 rings (SSSR count). The van der Waals surface area contributed by atoms with Crippen molar-refractivity contribution in [2.75, 3.05) is 21.1 Å².